The Morgan fingerprint density at radius 3 is 2.37 bits per heavy atom. The third-order valence-electron chi connectivity index (χ3n) is 3.66. The average molecular weight is 261 g/mol. The van der Waals surface area contributed by atoms with Gasteiger partial charge in [0.1, 0.15) is 0 Å². The Morgan fingerprint density at radius 1 is 1.32 bits per heavy atom. The van der Waals surface area contributed by atoms with Gasteiger partial charge >= 0.3 is 0 Å². The lowest BCUT2D eigenvalue weighted by Gasteiger charge is -2.28. The number of hydrogen-bond acceptors (Lipinski definition) is 2. The zero-order chi connectivity index (χ0) is 13.8. The molecular formula is C15H23N3O. The van der Waals surface area contributed by atoms with Crippen molar-refractivity contribution in [1.82, 2.24) is 0 Å². The van der Waals surface area contributed by atoms with Crippen LogP contribution in [0.15, 0.2) is 23.2 Å². The van der Waals surface area contributed by atoms with Gasteiger partial charge in [0.05, 0.1) is 12.1 Å². The van der Waals surface area contributed by atoms with Gasteiger partial charge in [0.25, 0.3) is 0 Å². The van der Waals surface area contributed by atoms with E-state index in [2.05, 4.69) is 42.4 Å². The number of aryl methyl sites for hydroxylation is 2. The highest BCUT2D eigenvalue weighted by Gasteiger charge is 2.26. The molecule has 1 aromatic carbocycles. The van der Waals surface area contributed by atoms with Crippen molar-refractivity contribution in [1.29, 1.82) is 0 Å². The molecule has 0 heterocycles. The number of aliphatic hydroxyl groups is 1. The number of aliphatic hydroxyl groups excluding tert-OH is 1. The molecule has 1 aromatic rings. The summed E-state index contributed by atoms with van der Waals surface area (Å²) in [7, 11) is 0. The van der Waals surface area contributed by atoms with E-state index in [-0.39, 0.29) is 12.1 Å². The summed E-state index contributed by atoms with van der Waals surface area (Å²) in [5.41, 5.74) is 9.57. The van der Waals surface area contributed by atoms with Crippen molar-refractivity contribution in [3.8, 4) is 0 Å². The van der Waals surface area contributed by atoms with E-state index >= 15 is 0 Å². The summed E-state index contributed by atoms with van der Waals surface area (Å²) >= 11 is 0. The van der Waals surface area contributed by atoms with Gasteiger partial charge in [-0.05, 0) is 36.8 Å². The molecule has 4 heteroatoms. The summed E-state index contributed by atoms with van der Waals surface area (Å²) in [5.74, 6) is 0.451. The molecule has 4 nitrogen and oxygen atoms in total. The Hall–Kier alpha value is -1.55. The van der Waals surface area contributed by atoms with E-state index in [0.29, 0.717) is 5.96 Å². The van der Waals surface area contributed by atoms with Crippen molar-refractivity contribution in [2.45, 2.75) is 51.7 Å². The number of benzene rings is 1. The normalized spacial score (nSPS) is 23.0. The van der Waals surface area contributed by atoms with E-state index in [4.69, 9.17) is 5.73 Å². The van der Waals surface area contributed by atoms with Gasteiger partial charge in [-0.2, -0.15) is 0 Å². The zero-order valence-corrected chi connectivity index (χ0v) is 11.7. The second kappa shape index (κ2) is 6.06. The van der Waals surface area contributed by atoms with E-state index in [1.54, 1.807) is 0 Å². The number of nitrogens with zero attached hydrogens (tertiary/aromatic N) is 1. The first-order valence-corrected chi connectivity index (χ1v) is 7.03. The molecule has 104 valence electrons. The molecule has 4 N–H and O–H groups in total. The third kappa shape index (κ3) is 3.26. The second-order valence-electron chi connectivity index (χ2n) is 5.08. The maximum Gasteiger partial charge on any atom is 0.193 e. The van der Waals surface area contributed by atoms with E-state index in [1.165, 1.54) is 11.1 Å². The maximum absolute atomic E-state index is 9.25. The molecule has 0 unspecified atom stereocenters. The molecule has 0 radical (unpaired) electrons. The molecule has 1 saturated carbocycles. The van der Waals surface area contributed by atoms with E-state index < -0.39 is 0 Å². The van der Waals surface area contributed by atoms with Crippen molar-refractivity contribution in [2.24, 2.45) is 10.7 Å². The molecule has 0 bridgehead atoms. The van der Waals surface area contributed by atoms with Crippen LogP contribution in [0, 0.1) is 0 Å². The van der Waals surface area contributed by atoms with Crippen molar-refractivity contribution < 1.29 is 5.11 Å². The van der Waals surface area contributed by atoms with Crippen LogP contribution in [0.5, 0.6) is 0 Å². The van der Waals surface area contributed by atoms with Gasteiger partial charge in [-0.3, -0.25) is 0 Å². The molecule has 1 aliphatic carbocycles. The molecular weight excluding hydrogens is 238 g/mol. The molecule has 0 saturated heterocycles. The number of nitrogens with one attached hydrogen (secondary N) is 1. The van der Waals surface area contributed by atoms with Crippen LogP contribution in [0.4, 0.5) is 5.69 Å². The third-order valence-corrected chi connectivity index (χ3v) is 3.66. The first-order valence-electron chi connectivity index (χ1n) is 7.03. The molecule has 0 amide bonds. The van der Waals surface area contributed by atoms with Crippen LogP contribution < -0.4 is 11.1 Å². The first kappa shape index (κ1) is 13.9. The number of rotatable bonds is 4. The fraction of sp³-hybridized carbons (Fsp3) is 0.533. The van der Waals surface area contributed by atoms with Crippen molar-refractivity contribution in [3.63, 3.8) is 0 Å². The summed E-state index contributed by atoms with van der Waals surface area (Å²) in [6.45, 7) is 4.27. The number of aliphatic imine (C=N–C) groups is 1. The Kier molecular flexibility index (Phi) is 4.43. The number of anilines is 1. The van der Waals surface area contributed by atoms with Crippen LogP contribution in [0.3, 0.4) is 0 Å². The lowest BCUT2D eigenvalue weighted by molar-refractivity contribution is 0.0778. The lowest BCUT2D eigenvalue weighted by Crippen LogP contribution is -2.35. The molecule has 1 aliphatic rings. The highest BCUT2D eigenvalue weighted by atomic mass is 16.3. The van der Waals surface area contributed by atoms with Gasteiger partial charge in [0.15, 0.2) is 5.96 Å². The average Bonchev–Trinajstić information content (AvgIpc) is 2.37. The van der Waals surface area contributed by atoms with Crippen LogP contribution in [0.25, 0.3) is 0 Å². The fourth-order valence-corrected chi connectivity index (χ4v) is 2.42. The smallest absolute Gasteiger partial charge is 0.193 e. The van der Waals surface area contributed by atoms with Crippen LogP contribution in [-0.4, -0.2) is 23.2 Å². The topological polar surface area (TPSA) is 70.6 Å². The maximum atomic E-state index is 9.25. The summed E-state index contributed by atoms with van der Waals surface area (Å²) in [4.78, 5) is 4.40. The Morgan fingerprint density at radius 2 is 1.89 bits per heavy atom. The summed E-state index contributed by atoms with van der Waals surface area (Å²) < 4.78 is 0. The van der Waals surface area contributed by atoms with E-state index in [1.807, 2.05) is 0 Å². The number of guanidine groups is 1. The Balaban J connectivity index is 2.13. The second-order valence-corrected chi connectivity index (χ2v) is 5.08. The van der Waals surface area contributed by atoms with Gasteiger partial charge < -0.3 is 16.2 Å². The SMILES string of the molecule is CCc1cccc(CC)c1NC(N)=NC1CC(O)C1. The first-order chi connectivity index (χ1) is 9.13. The predicted octanol–water partition coefficient (Wildman–Crippen LogP) is 2.06. The van der Waals surface area contributed by atoms with Crippen LogP contribution in [0.2, 0.25) is 0 Å². The van der Waals surface area contributed by atoms with Crippen molar-refractivity contribution in [2.75, 3.05) is 5.32 Å². The molecule has 1 fully saturated rings. The van der Waals surface area contributed by atoms with Crippen LogP contribution in [-0.2, 0) is 12.8 Å². The van der Waals surface area contributed by atoms with Gasteiger partial charge in [-0.25, -0.2) is 4.99 Å². The predicted molar refractivity (Wildman–Crippen MR) is 79.5 cm³/mol. The summed E-state index contributed by atoms with van der Waals surface area (Å²) in [5, 5.41) is 12.5. The van der Waals surface area contributed by atoms with Crippen LogP contribution in [0.1, 0.15) is 37.8 Å². The lowest BCUT2D eigenvalue weighted by atomic mass is 9.90. The highest BCUT2D eigenvalue weighted by Crippen LogP contribution is 2.24. The minimum Gasteiger partial charge on any atom is -0.393 e. The number of para-hydroxylation sites is 1. The van der Waals surface area contributed by atoms with Gasteiger partial charge in [-0.15, -0.1) is 0 Å². The Bertz CT molecular complexity index is 442. The van der Waals surface area contributed by atoms with Gasteiger partial charge in [0, 0.05) is 5.69 Å². The molecule has 0 atom stereocenters. The quantitative estimate of drug-likeness (QED) is 0.574. The Labute approximate surface area is 114 Å². The monoisotopic (exact) mass is 261 g/mol. The van der Waals surface area contributed by atoms with Crippen molar-refractivity contribution >= 4 is 11.6 Å². The largest absolute Gasteiger partial charge is 0.393 e. The molecule has 0 aliphatic heterocycles. The van der Waals surface area contributed by atoms with Crippen LogP contribution >= 0.6 is 0 Å². The fourth-order valence-electron chi connectivity index (χ4n) is 2.42. The summed E-state index contributed by atoms with van der Waals surface area (Å²) in [6, 6.07) is 6.48. The molecule has 19 heavy (non-hydrogen) atoms. The molecule has 0 spiro atoms. The standard InChI is InChI=1S/C15H23N3O/c1-3-10-6-5-7-11(4-2)14(10)18-15(16)17-12-8-13(19)9-12/h5-7,12-13,19H,3-4,8-9H2,1-2H3,(H3,16,17,18). The van der Waals surface area contributed by atoms with Gasteiger partial charge in [-0.1, -0.05) is 32.0 Å². The highest BCUT2D eigenvalue weighted by molar-refractivity contribution is 5.94. The van der Waals surface area contributed by atoms with E-state index in [9.17, 15) is 5.11 Å². The van der Waals surface area contributed by atoms with Crippen molar-refractivity contribution in [3.05, 3.63) is 29.3 Å². The van der Waals surface area contributed by atoms with Gasteiger partial charge in [0.2, 0.25) is 0 Å². The minimum atomic E-state index is -0.198. The summed E-state index contributed by atoms with van der Waals surface area (Å²) in [6.07, 6.45) is 3.17. The number of hydrogen-bond donors (Lipinski definition) is 3. The zero-order valence-electron chi connectivity index (χ0n) is 11.7. The van der Waals surface area contributed by atoms with E-state index in [0.717, 1.165) is 31.4 Å². The number of nitrogens with two attached hydrogens (primary N) is 1. The minimum absolute atomic E-state index is 0.168. The molecule has 0 aromatic heterocycles. The molecule has 2 rings (SSSR count).